The Morgan fingerprint density at radius 1 is 0.767 bits per heavy atom. The summed E-state index contributed by atoms with van der Waals surface area (Å²) in [4.78, 5) is 11.5. The molecule has 0 heterocycles. The van der Waals surface area contributed by atoms with Crippen LogP contribution in [0.4, 0.5) is 0 Å². The van der Waals surface area contributed by atoms with E-state index in [1.807, 2.05) is 30.3 Å². The molecule has 0 saturated heterocycles. The van der Waals surface area contributed by atoms with E-state index < -0.39 is 10.1 Å². The fourth-order valence-corrected chi connectivity index (χ4v) is 3.34. The molecule has 2 aromatic carbocycles. The molecule has 0 aliphatic heterocycles. The molecule has 0 aliphatic rings. The molecule has 2 rings (SSSR count). The van der Waals surface area contributed by atoms with Crippen molar-refractivity contribution in [3.63, 3.8) is 0 Å². The minimum absolute atomic E-state index is 0.0741. The van der Waals surface area contributed by atoms with Crippen LogP contribution in [0.25, 0.3) is 0 Å². The summed E-state index contributed by atoms with van der Waals surface area (Å²) < 4.78 is 34.5. The molecule has 0 fully saturated rings. The van der Waals surface area contributed by atoms with Gasteiger partial charge in [-0.25, -0.2) is 0 Å². The van der Waals surface area contributed by atoms with Gasteiger partial charge in [-0.3, -0.25) is 9.35 Å². The number of hydrogen-bond donors (Lipinski definition) is 1. The van der Waals surface area contributed by atoms with E-state index >= 15 is 0 Å². The van der Waals surface area contributed by atoms with Crippen LogP contribution in [0, 0.1) is 0 Å². The van der Waals surface area contributed by atoms with E-state index in [1.165, 1.54) is 57.1 Å². The molecular weight excluding hydrogens is 400 g/mol. The fourth-order valence-electron chi connectivity index (χ4n) is 2.84. The summed E-state index contributed by atoms with van der Waals surface area (Å²) in [5.74, 6) is 0.535. The Kier molecular flexibility index (Phi) is 13.5. The number of rotatable bonds is 12. The third-order valence-electron chi connectivity index (χ3n) is 4.50. The normalized spacial score (nSPS) is 10.7. The first kappa shape index (κ1) is 25.9. The van der Waals surface area contributed by atoms with Crippen molar-refractivity contribution in [1.82, 2.24) is 0 Å². The zero-order chi connectivity index (χ0) is 22.1. The van der Waals surface area contributed by atoms with Crippen LogP contribution in [0.2, 0.25) is 0 Å². The summed E-state index contributed by atoms with van der Waals surface area (Å²) in [5.41, 5.74) is 0. The minimum Gasteiger partial charge on any atom is -0.427 e. The van der Waals surface area contributed by atoms with Crippen LogP contribution in [0.3, 0.4) is 0 Å². The lowest BCUT2D eigenvalue weighted by Gasteiger charge is -2.04. The van der Waals surface area contributed by atoms with Crippen molar-refractivity contribution < 1.29 is 22.5 Å². The maximum atomic E-state index is 11.6. The Morgan fingerprint density at radius 2 is 1.23 bits per heavy atom. The number of para-hydroxylation sites is 1. The zero-order valence-electron chi connectivity index (χ0n) is 17.8. The highest BCUT2D eigenvalue weighted by molar-refractivity contribution is 7.85. The van der Waals surface area contributed by atoms with Crippen LogP contribution < -0.4 is 4.74 Å². The Bertz CT molecular complexity index is 789. The molecule has 2 aromatic rings. The molecule has 0 unspecified atom stereocenters. The number of carbonyl (C=O) groups is 1. The van der Waals surface area contributed by atoms with Gasteiger partial charge in [0.05, 0.1) is 4.90 Å². The predicted molar refractivity (Wildman–Crippen MR) is 120 cm³/mol. The second kappa shape index (κ2) is 15.6. The monoisotopic (exact) mass is 434 g/mol. The first-order valence-electron chi connectivity index (χ1n) is 10.7. The maximum absolute atomic E-state index is 11.6. The number of hydrogen-bond acceptors (Lipinski definition) is 4. The van der Waals surface area contributed by atoms with E-state index in [2.05, 4.69) is 6.92 Å². The van der Waals surface area contributed by atoms with E-state index in [1.54, 1.807) is 18.2 Å². The molecule has 0 spiro atoms. The van der Waals surface area contributed by atoms with Gasteiger partial charge in [0.15, 0.2) is 0 Å². The van der Waals surface area contributed by atoms with Crippen LogP contribution in [0.15, 0.2) is 65.6 Å². The lowest BCUT2D eigenvalue weighted by Crippen LogP contribution is -2.07. The highest BCUT2D eigenvalue weighted by Gasteiger charge is 2.06. The average molecular weight is 435 g/mol. The number of esters is 1. The quantitative estimate of drug-likeness (QED) is 0.180. The molecular formula is C24H34O5S. The molecule has 0 amide bonds. The van der Waals surface area contributed by atoms with Gasteiger partial charge in [0.25, 0.3) is 10.1 Å². The van der Waals surface area contributed by atoms with Crippen LogP contribution in [0.5, 0.6) is 5.75 Å². The van der Waals surface area contributed by atoms with Gasteiger partial charge in [-0.2, -0.15) is 8.42 Å². The Balaban J connectivity index is 0.000000375. The molecule has 5 nitrogen and oxygen atoms in total. The van der Waals surface area contributed by atoms with Crippen molar-refractivity contribution in [2.75, 3.05) is 0 Å². The van der Waals surface area contributed by atoms with Gasteiger partial charge in [-0.1, -0.05) is 94.7 Å². The van der Waals surface area contributed by atoms with E-state index in [0.717, 1.165) is 12.8 Å². The molecule has 1 N–H and O–H groups in total. The number of benzene rings is 2. The summed E-state index contributed by atoms with van der Waals surface area (Å²) in [6.07, 6.45) is 11.9. The number of unbranched alkanes of at least 4 members (excludes halogenated alkanes) is 8. The summed E-state index contributed by atoms with van der Waals surface area (Å²) in [6, 6.07) is 16.7. The van der Waals surface area contributed by atoms with Gasteiger partial charge < -0.3 is 4.74 Å². The SMILES string of the molecule is CCCCCCCCCCCC(=O)Oc1ccccc1.O=S(=O)(O)c1ccccc1. The van der Waals surface area contributed by atoms with Crippen molar-refractivity contribution in [1.29, 1.82) is 0 Å². The average Bonchev–Trinajstić information content (AvgIpc) is 2.74. The summed E-state index contributed by atoms with van der Waals surface area (Å²) in [7, 11) is -4.00. The van der Waals surface area contributed by atoms with Crippen molar-refractivity contribution in [3.8, 4) is 5.75 Å². The van der Waals surface area contributed by atoms with Crippen molar-refractivity contribution >= 4 is 16.1 Å². The van der Waals surface area contributed by atoms with Gasteiger partial charge in [-0.05, 0) is 30.7 Å². The lowest BCUT2D eigenvalue weighted by atomic mass is 10.1. The largest absolute Gasteiger partial charge is 0.427 e. The van der Waals surface area contributed by atoms with Crippen LogP contribution in [-0.2, 0) is 14.9 Å². The maximum Gasteiger partial charge on any atom is 0.311 e. The minimum atomic E-state index is -4.00. The Labute approximate surface area is 181 Å². The third kappa shape index (κ3) is 13.1. The molecule has 0 radical (unpaired) electrons. The zero-order valence-corrected chi connectivity index (χ0v) is 18.6. The molecule has 0 atom stereocenters. The topological polar surface area (TPSA) is 80.7 Å². The second-order valence-electron chi connectivity index (χ2n) is 7.15. The van der Waals surface area contributed by atoms with E-state index in [4.69, 9.17) is 9.29 Å². The Morgan fingerprint density at radius 3 is 1.70 bits per heavy atom. The molecule has 166 valence electrons. The first-order valence-corrected chi connectivity index (χ1v) is 12.2. The van der Waals surface area contributed by atoms with Gasteiger partial charge in [0.1, 0.15) is 5.75 Å². The highest BCUT2D eigenvalue weighted by atomic mass is 32.2. The van der Waals surface area contributed by atoms with Gasteiger partial charge >= 0.3 is 5.97 Å². The van der Waals surface area contributed by atoms with Crippen LogP contribution in [0.1, 0.15) is 71.1 Å². The summed E-state index contributed by atoms with van der Waals surface area (Å²) in [6.45, 7) is 2.24. The molecule has 0 aliphatic carbocycles. The van der Waals surface area contributed by atoms with Crippen LogP contribution >= 0.6 is 0 Å². The van der Waals surface area contributed by atoms with Crippen molar-refractivity contribution in [3.05, 3.63) is 60.7 Å². The summed E-state index contributed by atoms with van der Waals surface area (Å²) in [5, 5.41) is 0. The fraction of sp³-hybridized carbons (Fsp3) is 0.458. The molecule has 0 aromatic heterocycles. The van der Waals surface area contributed by atoms with Gasteiger partial charge in [0.2, 0.25) is 0 Å². The lowest BCUT2D eigenvalue weighted by molar-refractivity contribution is -0.134. The third-order valence-corrected chi connectivity index (χ3v) is 5.37. The molecule has 6 heteroatoms. The second-order valence-corrected chi connectivity index (χ2v) is 8.58. The van der Waals surface area contributed by atoms with Gasteiger partial charge in [-0.15, -0.1) is 0 Å². The van der Waals surface area contributed by atoms with Crippen molar-refractivity contribution in [2.24, 2.45) is 0 Å². The van der Waals surface area contributed by atoms with E-state index in [9.17, 15) is 13.2 Å². The Hall–Kier alpha value is -2.18. The van der Waals surface area contributed by atoms with E-state index in [0.29, 0.717) is 12.2 Å². The molecule has 0 bridgehead atoms. The highest BCUT2D eigenvalue weighted by Crippen LogP contribution is 2.13. The predicted octanol–water partition coefficient (Wildman–Crippen LogP) is 6.45. The summed E-state index contributed by atoms with van der Waals surface area (Å²) >= 11 is 0. The molecule has 0 saturated carbocycles. The van der Waals surface area contributed by atoms with Gasteiger partial charge in [0, 0.05) is 6.42 Å². The smallest absolute Gasteiger partial charge is 0.311 e. The molecule has 30 heavy (non-hydrogen) atoms. The van der Waals surface area contributed by atoms with Crippen LogP contribution in [-0.4, -0.2) is 18.9 Å². The number of ether oxygens (including phenoxy) is 1. The van der Waals surface area contributed by atoms with E-state index in [-0.39, 0.29) is 10.9 Å². The first-order chi connectivity index (χ1) is 14.4. The number of carbonyl (C=O) groups excluding carboxylic acids is 1. The van der Waals surface area contributed by atoms with Crippen molar-refractivity contribution in [2.45, 2.75) is 76.0 Å². The standard InChI is InChI=1S/C18H28O2.C6H6O3S/c1-2-3-4-5-6-7-8-9-13-16-18(19)20-17-14-11-10-12-15-17;7-10(8,9)6-4-2-1-3-5-6/h10-12,14-15H,2-9,13,16H2,1H3;1-5H,(H,7,8,9).